The van der Waals surface area contributed by atoms with Crippen molar-refractivity contribution in [3.8, 4) is 39.1 Å². The van der Waals surface area contributed by atoms with Gasteiger partial charge in [0.05, 0.1) is 0 Å². The zero-order valence-electron chi connectivity index (χ0n) is 29.7. The molecule has 10 rings (SSSR count). The molecule has 0 amide bonds. The number of hydrogen-bond donors (Lipinski definition) is 0. The third-order valence-electron chi connectivity index (χ3n) is 10.7. The van der Waals surface area contributed by atoms with Crippen LogP contribution in [0.15, 0.2) is 199 Å². The van der Waals surface area contributed by atoms with Crippen LogP contribution in [0.2, 0.25) is 0 Å². The van der Waals surface area contributed by atoms with Crippen LogP contribution in [0.4, 0.5) is 17.1 Å². The average Bonchev–Trinajstić information content (AvgIpc) is 3.62. The van der Waals surface area contributed by atoms with Gasteiger partial charge >= 0.3 is 0 Å². The first-order valence-electron chi connectivity index (χ1n) is 18.7. The van der Waals surface area contributed by atoms with Gasteiger partial charge in [-0.2, -0.15) is 0 Å². The number of para-hydroxylation sites is 2. The zero-order valence-corrected chi connectivity index (χ0v) is 29.7. The normalized spacial score (nSPS) is 13.7. The van der Waals surface area contributed by atoms with E-state index in [0.717, 1.165) is 68.7 Å². The summed E-state index contributed by atoms with van der Waals surface area (Å²) in [5.74, 6) is 0.953. The fraction of sp³-hybridized carbons (Fsp3) is 0.0588. The van der Waals surface area contributed by atoms with E-state index in [9.17, 15) is 0 Å². The maximum absolute atomic E-state index is 6.97. The molecule has 0 radical (unpaired) electrons. The molecule has 1 aliphatic heterocycles. The second kappa shape index (κ2) is 13.6. The molecule has 0 spiro atoms. The first kappa shape index (κ1) is 31.9. The van der Waals surface area contributed by atoms with Gasteiger partial charge in [-0.3, -0.25) is 0 Å². The van der Waals surface area contributed by atoms with E-state index in [1.54, 1.807) is 0 Å². The molecule has 0 N–H and O–H groups in total. The number of fused-ring (bicyclic) bond motifs is 4. The minimum atomic E-state index is -0.00954. The van der Waals surface area contributed by atoms with Crippen LogP contribution in [0.25, 0.3) is 55.3 Å². The molecule has 1 aliphatic rings. The monoisotopic (exact) mass is 695 g/mol. The Balaban J connectivity index is 1.05. The van der Waals surface area contributed by atoms with Gasteiger partial charge < -0.3 is 14.1 Å². The SMILES string of the molecule is c1ccc(-c2cccc(-c3ccc(N(c4ccccc4)c4ccc(-c5c6c(cc7oc8ccccc8c57)CCC(c5ccccc5)O6)cc4)cc3)c2)cc1. The van der Waals surface area contributed by atoms with Crippen LogP contribution >= 0.6 is 0 Å². The lowest BCUT2D eigenvalue weighted by Crippen LogP contribution is -2.16. The minimum absolute atomic E-state index is 0.00954. The molecular weight excluding hydrogens is 659 g/mol. The van der Waals surface area contributed by atoms with E-state index >= 15 is 0 Å². The molecule has 0 fully saturated rings. The Kier molecular flexibility index (Phi) is 8.03. The molecule has 1 atom stereocenters. The highest BCUT2D eigenvalue weighted by Crippen LogP contribution is 2.49. The van der Waals surface area contributed by atoms with Crippen molar-refractivity contribution < 1.29 is 9.15 Å². The molecule has 0 aliphatic carbocycles. The topological polar surface area (TPSA) is 25.6 Å². The van der Waals surface area contributed by atoms with E-state index < -0.39 is 0 Å². The quantitative estimate of drug-likeness (QED) is 0.166. The summed E-state index contributed by atoms with van der Waals surface area (Å²) in [6, 6.07) is 68.8. The Morgan fingerprint density at radius 2 is 1.00 bits per heavy atom. The van der Waals surface area contributed by atoms with Gasteiger partial charge in [-0.05, 0) is 106 Å². The van der Waals surface area contributed by atoms with E-state index in [2.05, 4.69) is 193 Å². The van der Waals surface area contributed by atoms with E-state index in [4.69, 9.17) is 9.15 Å². The fourth-order valence-electron chi connectivity index (χ4n) is 8.02. The highest BCUT2D eigenvalue weighted by Gasteiger charge is 2.28. The molecule has 2 heterocycles. The number of ether oxygens (including phenoxy) is 1. The van der Waals surface area contributed by atoms with Crippen molar-refractivity contribution in [3.63, 3.8) is 0 Å². The van der Waals surface area contributed by atoms with Gasteiger partial charge in [0.15, 0.2) is 0 Å². The van der Waals surface area contributed by atoms with Gasteiger partial charge in [-0.1, -0.05) is 140 Å². The summed E-state index contributed by atoms with van der Waals surface area (Å²) in [7, 11) is 0. The Labute approximate surface area is 315 Å². The minimum Gasteiger partial charge on any atom is -0.485 e. The number of benzene rings is 8. The number of furan rings is 1. The van der Waals surface area contributed by atoms with Crippen molar-refractivity contribution >= 4 is 39.0 Å². The number of rotatable bonds is 7. The maximum atomic E-state index is 6.97. The predicted molar refractivity (Wildman–Crippen MR) is 223 cm³/mol. The highest BCUT2D eigenvalue weighted by atomic mass is 16.5. The van der Waals surface area contributed by atoms with Crippen LogP contribution in [0, 0.1) is 0 Å². The molecule has 1 unspecified atom stereocenters. The van der Waals surface area contributed by atoms with E-state index in [1.807, 2.05) is 6.07 Å². The summed E-state index contributed by atoms with van der Waals surface area (Å²) < 4.78 is 13.5. The molecule has 258 valence electrons. The summed E-state index contributed by atoms with van der Waals surface area (Å²) in [6.07, 6.45) is 1.83. The number of hydrogen-bond acceptors (Lipinski definition) is 3. The van der Waals surface area contributed by atoms with E-state index in [1.165, 1.54) is 33.4 Å². The molecule has 8 aromatic carbocycles. The molecule has 1 aromatic heterocycles. The van der Waals surface area contributed by atoms with Gasteiger partial charge in [0.2, 0.25) is 0 Å². The van der Waals surface area contributed by atoms with Crippen molar-refractivity contribution in [2.75, 3.05) is 4.90 Å². The molecule has 9 aromatic rings. The van der Waals surface area contributed by atoms with E-state index in [-0.39, 0.29) is 6.10 Å². The third-order valence-corrected chi connectivity index (χ3v) is 10.7. The molecule has 0 saturated carbocycles. The van der Waals surface area contributed by atoms with Gasteiger partial charge in [0, 0.05) is 33.4 Å². The van der Waals surface area contributed by atoms with Crippen LogP contribution in [0.5, 0.6) is 5.75 Å². The van der Waals surface area contributed by atoms with Crippen LogP contribution in [-0.4, -0.2) is 0 Å². The van der Waals surface area contributed by atoms with Gasteiger partial charge in [-0.25, -0.2) is 0 Å². The lowest BCUT2D eigenvalue weighted by Gasteiger charge is -2.29. The lowest BCUT2D eigenvalue weighted by atomic mass is 9.90. The molecular formula is C51H37NO2. The fourth-order valence-corrected chi connectivity index (χ4v) is 8.02. The Bertz CT molecular complexity index is 2720. The summed E-state index contributed by atoms with van der Waals surface area (Å²) >= 11 is 0. The van der Waals surface area contributed by atoms with Crippen molar-refractivity contribution in [2.24, 2.45) is 0 Å². The molecule has 54 heavy (non-hydrogen) atoms. The maximum Gasteiger partial charge on any atom is 0.136 e. The zero-order chi connectivity index (χ0) is 35.8. The van der Waals surface area contributed by atoms with Crippen molar-refractivity contribution in [1.29, 1.82) is 0 Å². The van der Waals surface area contributed by atoms with Gasteiger partial charge in [-0.15, -0.1) is 0 Å². The summed E-state index contributed by atoms with van der Waals surface area (Å²) in [4.78, 5) is 2.32. The van der Waals surface area contributed by atoms with Crippen LogP contribution in [0.3, 0.4) is 0 Å². The lowest BCUT2D eigenvalue weighted by molar-refractivity contribution is 0.178. The molecule has 3 nitrogen and oxygen atoms in total. The average molecular weight is 696 g/mol. The van der Waals surface area contributed by atoms with Crippen molar-refractivity contribution in [1.82, 2.24) is 0 Å². The first-order chi connectivity index (χ1) is 26.8. The van der Waals surface area contributed by atoms with Gasteiger partial charge in [0.1, 0.15) is 23.0 Å². The highest BCUT2D eigenvalue weighted by molar-refractivity contribution is 6.14. The molecule has 0 bridgehead atoms. The van der Waals surface area contributed by atoms with Crippen LogP contribution in [0.1, 0.15) is 23.7 Å². The van der Waals surface area contributed by atoms with E-state index in [0.29, 0.717) is 0 Å². The largest absolute Gasteiger partial charge is 0.485 e. The molecule has 3 heteroatoms. The number of nitrogens with zero attached hydrogens (tertiary/aromatic N) is 1. The summed E-state index contributed by atoms with van der Waals surface area (Å²) in [5.41, 5.74) is 14.4. The standard InChI is InChI=1S/C51H37NO2/c1-4-13-35(14-5-1)39-17-12-18-40(33-39)36-23-28-43(29-24-36)52(42-19-8-3-9-20-42)44-30-25-38(26-31-44)49-50-45-21-10-11-22-47(45)53-48(50)34-41-27-32-46(54-51(41)49)37-15-6-2-7-16-37/h1-26,28-31,33-34,46H,27,32H2. The molecule has 0 saturated heterocycles. The Morgan fingerprint density at radius 1 is 0.444 bits per heavy atom. The second-order valence-corrected chi connectivity index (χ2v) is 14.0. The van der Waals surface area contributed by atoms with Crippen molar-refractivity contribution in [2.45, 2.75) is 18.9 Å². The predicted octanol–water partition coefficient (Wildman–Crippen LogP) is 14.1. The summed E-state index contributed by atoms with van der Waals surface area (Å²) in [5, 5.41) is 2.19. The first-order valence-corrected chi connectivity index (χ1v) is 18.7. The Morgan fingerprint density at radius 3 is 1.70 bits per heavy atom. The number of aryl methyl sites for hydroxylation is 1. The Hall–Kier alpha value is -6.84. The smallest absolute Gasteiger partial charge is 0.136 e. The summed E-state index contributed by atoms with van der Waals surface area (Å²) in [6.45, 7) is 0. The van der Waals surface area contributed by atoms with Crippen LogP contribution in [-0.2, 0) is 6.42 Å². The second-order valence-electron chi connectivity index (χ2n) is 14.0. The number of anilines is 3. The van der Waals surface area contributed by atoms with Gasteiger partial charge in [0.25, 0.3) is 0 Å². The third kappa shape index (κ3) is 5.81. The van der Waals surface area contributed by atoms with Crippen molar-refractivity contribution in [3.05, 3.63) is 205 Å². The van der Waals surface area contributed by atoms with Crippen LogP contribution < -0.4 is 9.64 Å².